The first-order valence-electron chi connectivity index (χ1n) is 8.62. The van der Waals surface area contributed by atoms with Crippen LogP contribution in [-0.4, -0.2) is 12.0 Å². The lowest BCUT2D eigenvalue weighted by molar-refractivity contribution is 0.0950. The number of rotatable bonds is 5. The highest BCUT2D eigenvalue weighted by Crippen LogP contribution is 2.27. The van der Waals surface area contributed by atoms with Gasteiger partial charge in [-0.3, -0.25) is 4.79 Å². The predicted octanol–water partition coefficient (Wildman–Crippen LogP) is 5.63. The monoisotopic (exact) mass is 377 g/mol. The number of benzene rings is 2. The topological polar surface area (TPSA) is 38.3 Å². The van der Waals surface area contributed by atoms with Crippen molar-refractivity contribution in [1.29, 1.82) is 0 Å². The van der Waals surface area contributed by atoms with Crippen molar-refractivity contribution in [2.24, 2.45) is 0 Å². The number of para-hydroxylation sites is 1. The molecule has 1 saturated carbocycles. The van der Waals surface area contributed by atoms with Gasteiger partial charge in [0.25, 0.3) is 5.91 Å². The Labute approximate surface area is 158 Å². The van der Waals surface area contributed by atoms with Crippen LogP contribution in [0.3, 0.4) is 0 Å². The fraction of sp³-hybridized carbons (Fsp3) is 0.350. The van der Waals surface area contributed by atoms with E-state index in [0.717, 1.165) is 24.2 Å². The Hall–Kier alpha value is -1.71. The molecule has 5 heteroatoms. The van der Waals surface area contributed by atoms with Crippen LogP contribution < -0.4 is 10.1 Å². The van der Waals surface area contributed by atoms with Crippen molar-refractivity contribution in [3.63, 3.8) is 0 Å². The molecule has 25 heavy (non-hydrogen) atoms. The van der Waals surface area contributed by atoms with Crippen molar-refractivity contribution >= 4 is 29.1 Å². The summed E-state index contributed by atoms with van der Waals surface area (Å²) in [5.41, 5.74) is 1.33. The first kappa shape index (κ1) is 18.1. The van der Waals surface area contributed by atoms with Crippen LogP contribution in [-0.2, 0) is 6.54 Å². The van der Waals surface area contributed by atoms with E-state index in [1.807, 2.05) is 24.3 Å². The SMILES string of the molecule is O=C(NCc1ccccc1OC1CCCCC1)c1cccc(Cl)c1Cl. The van der Waals surface area contributed by atoms with Gasteiger partial charge in [0.1, 0.15) is 5.75 Å². The summed E-state index contributed by atoms with van der Waals surface area (Å²) in [5, 5.41) is 3.54. The van der Waals surface area contributed by atoms with Gasteiger partial charge in [-0.15, -0.1) is 0 Å². The van der Waals surface area contributed by atoms with E-state index in [1.165, 1.54) is 19.3 Å². The van der Waals surface area contributed by atoms with Crippen LogP contribution in [0.2, 0.25) is 10.0 Å². The summed E-state index contributed by atoms with van der Waals surface area (Å²) in [6.45, 7) is 0.380. The number of halogens is 2. The Bertz CT molecular complexity index is 742. The van der Waals surface area contributed by atoms with E-state index >= 15 is 0 Å². The first-order valence-corrected chi connectivity index (χ1v) is 9.37. The fourth-order valence-electron chi connectivity index (χ4n) is 3.08. The lowest BCUT2D eigenvalue weighted by Gasteiger charge is -2.24. The van der Waals surface area contributed by atoms with Crippen LogP contribution in [0.25, 0.3) is 0 Å². The van der Waals surface area contributed by atoms with E-state index in [9.17, 15) is 4.79 Å². The second-order valence-corrected chi connectivity index (χ2v) is 7.05. The zero-order valence-electron chi connectivity index (χ0n) is 13.9. The fourth-order valence-corrected chi connectivity index (χ4v) is 3.46. The Kier molecular flexibility index (Phi) is 6.22. The molecule has 0 aromatic heterocycles. The van der Waals surface area contributed by atoms with E-state index in [2.05, 4.69) is 5.32 Å². The zero-order chi connectivity index (χ0) is 17.6. The molecule has 0 spiro atoms. The molecule has 1 N–H and O–H groups in total. The molecule has 2 aromatic rings. The molecule has 3 rings (SSSR count). The number of carbonyl (C=O) groups is 1. The molecule has 2 aromatic carbocycles. The molecule has 0 bridgehead atoms. The Balaban J connectivity index is 1.66. The number of carbonyl (C=O) groups excluding carboxylic acids is 1. The lowest BCUT2D eigenvalue weighted by atomic mass is 9.97. The third-order valence-corrected chi connectivity index (χ3v) is 5.27. The smallest absolute Gasteiger partial charge is 0.253 e. The summed E-state index contributed by atoms with van der Waals surface area (Å²) in [7, 11) is 0. The van der Waals surface area contributed by atoms with Gasteiger partial charge in [-0.05, 0) is 43.9 Å². The van der Waals surface area contributed by atoms with E-state index < -0.39 is 0 Å². The van der Waals surface area contributed by atoms with Crippen molar-refractivity contribution in [3.05, 3.63) is 63.6 Å². The van der Waals surface area contributed by atoms with Crippen LogP contribution in [0.15, 0.2) is 42.5 Å². The van der Waals surface area contributed by atoms with E-state index in [4.69, 9.17) is 27.9 Å². The number of amides is 1. The maximum Gasteiger partial charge on any atom is 0.253 e. The second kappa shape index (κ2) is 8.59. The summed E-state index contributed by atoms with van der Waals surface area (Å²) in [6, 6.07) is 12.9. The first-order chi connectivity index (χ1) is 12.1. The quantitative estimate of drug-likeness (QED) is 0.732. The van der Waals surface area contributed by atoms with Gasteiger partial charge in [-0.25, -0.2) is 0 Å². The number of hydrogen-bond acceptors (Lipinski definition) is 2. The van der Waals surface area contributed by atoms with Crippen molar-refractivity contribution in [2.45, 2.75) is 44.8 Å². The minimum Gasteiger partial charge on any atom is -0.490 e. The Morgan fingerprint density at radius 3 is 2.60 bits per heavy atom. The summed E-state index contributed by atoms with van der Waals surface area (Å²) in [4.78, 5) is 12.4. The molecular weight excluding hydrogens is 357 g/mol. The molecule has 1 fully saturated rings. The molecule has 0 unspecified atom stereocenters. The standard InChI is InChI=1S/C20H21Cl2NO2/c21-17-11-6-10-16(19(17)22)20(24)23-13-14-7-4-5-12-18(14)25-15-8-2-1-3-9-15/h4-7,10-12,15H,1-3,8-9,13H2,(H,23,24). The van der Waals surface area contributed by atoms with Crippen molar-refractivity contribution in [2.75, 3.05) is 0 Å². The number of ether oxygens (including phenoxy) is 1. The van der Waals surface area contributed by atoms with Gasteiger partial charge in [0.15, 0.2) is 0 Å². The van der Waals surface area contributed by atoms with Crippen molar-refractivity contribution in [3.8, 4) is 5.75 Å². The summed E-state index contributed by atoms with van der Waals surface area (Å²) < 4.78 is 6.17. The van der Waals surface area contributed by atoms with Gasteiger partial charge in [0, 0.05) is 12.1 Å². The third kappa shape index (κ3) is 4.68. The maximum absolute atomic E-state index is 12.4. The Morgan fingerprint density at radius 2 is 1.80 bits per heavy atom. The molecule has 1 amide bonds. The lowest BCUT2D eigenvalue weighted by Crippen LogP contribution is -2.25. The van der Waals surface area contributed by atoms with E-state index in [-0.39, 0.29) is 17.0 Å². The molecule has 132 valence electrons. The highest BCUT2D eigenvalue weighted by atomic mass is 35.5. The molecular formula is C20H21Cl2NO2. The molecule has 0 saturated heterocycles. The summed E-state index contributed by atoms with van der Waals surface area (Å²) in [5.74, 6) is 0.590. The van der Waals surface area contributed by atoms with Gasteiger partial charge in [0.05, 0.1) is 21.7 Å². The normalized spacial score (nSPS) is 15.0. The molecule has 1 aliphatic carbocycles. The predicted molar refractivity (Wildman–Crippen MR) is 102 cm³/mol. The largest absolute Gasteiger partial charge is 0.490 e. The van der Waals surface area contributed by atoms with Crippen LogP contribution in [0.4, 0.5) is 0 Å². The number of hydrogen-bond donors (Lipinski definition) is 1. The van der Waals surface area contributed by atoms with Crippen LogP contribution in [0.5, 0.6) is 5.75 Å². The van der Waals surface area contributed by atoms with Gasteiger partial charge < -0.3 is 10.1 Å². The Morgan fingerprint density at radius 1 is 1.04 bits per heavy atom. The van der Waals surface area contributed by atoms with E-state index in [0.29, 0.717) is 17.1 Å². The minimum atomic E-state index is -0.250. The third-order valence-electron chi connectivity index (χ3n) is 4.45. The van der Waals surface area contributed by atoms with Gasteiger partial charge in [-0.2, -0.15) is 0 Å². The highest BCUT2D eigenvalue weighted by Gasteiger charge is 2.17. The van der Waals surface area contributed by atoms with Crippen molar-refractivity contribution in [1.82, 2.24) is 5.32 Å². The van der Waals surface area contributed by atoms with Crippen LogP contribution in [0.1, 0.15) is 48.0 Å². The highest BCUT2D eigenvalue weighted by molar-refractivity contribution is 6.43. The average Bonchev–Trinajstić information content (AvgIpc) is 2.64. The van der Waals surface area contributed by atoms with Crippen molar-refractivity contribution < 1.29 is 9.53 Å². The summed E-state index contributed by atoms with van der Waals surface area (Å²) >= 11 is 12.1. The number of nitrogens with one attached hydrogen (secondary N) is 1. The molecule has 1 aliphatic rings. The van der Waals surface area contributed by atoms with Crippen LogP contribution >= 0.6 is 23.2 Å². The summed E-state index contributed by atoms with van der Waals surface area (Å²) in [6.07, 6.45) is 6.19. The molecule has 0 radical (unpaired) electrons. The van der Waals surface area contributed by atoms with E-state index in [1.54, 1.807) is 18.2 Å². The van der Waals surface area contributed by atoms with Gasteiger partial charge in [0.2, 0.25) is 0 Å². The molecule has 3 nitrogen and oxygen atoms in total. The zero-order valence-corrected chi connectivity index (χ0v) is 15.4. The van der Waals surface area contributed by atoms with Gasteiger partial charge in [-0.1, -0.05) is 53.9 Å². The molecule has 0 atom stereocenters. The van der Waals surface area contributed by atoms with Gasteiger partial charge >= 0.3 is 0 Å². The molecule has 0 aliphatic heterocycles. The minimum absolute atomic E-state index is 0.250. The average molecular weight is 378 g/mol. The molecule has 0 heterocycles. The maximum atomic E-state index is 12.4. The van der Waals surface area contributed by atoms with Crippen LogP contribution in [0, 0.1) is 0 Å². The second-order valence-electron chi connectivity index (χ2n) is 6.27.